The number of phenols is 1. The molecule has 1 fully saturated rings. The van der Waals surface area contributed by atoms with Crippen molar-refractivity contribution in [2.24, 2.45) is 4.99 Å². The van der Waals surface area contributed by atoms with Crippen molar-refractivity contribution in [1.29, 1.82) is 0 Å². The summed E-state index contributed by atoms with van der Waals surface area (Å²) in [7, 11) is 5.21. The Morgan fingerprint density at radius 2 is 1.83 bits per heavy atom. The number of hydrogen-bond donors (Lipinski definition) is 2. The van der Waals surface area contributed by atoms with Crippen LogP contribution in [0.1, 0.15) is 29.9 Å². The number of likely N-dealkylation sites (tertiary alicyclic amines) is 1. The molecule has 1 heterocycles. The van der Waals surface area contributed by atoms with Crippen LogP contribution in [0.3, 0.4) is 0 Å². The molecule has 1 saturated heterocycles. The van der Waals surface area contributed by atoms with Gasteiger partial charge in [0, 0.05) is 38.7 Å². The molecule has 2 aromatic rings. The normalized spacial score (nSPS) is 16.7. The first-order valence-corrected chi connectivity index (χ1v) is 10.1. The van der Waals surface area contributed by atoms with Gasteiger partial charge in [0.05, 0.1) is 14.2 Å². The van der Waals surface area contributed by atoms with Crippen LogP contribution in [0.5, 0.6) is 17.2 Å². The Kier molecular flexibility index (Phi) is 7.22. The summed E-state index contributed by atoms with van der Waals surface area (Å²) < 4.78 is 10.8. The topological polar surface area (TPSA) is 66.3 Å². The van der Waals surface area contributed by atoms with Crippen molar-refractivity contribution in [1.82, 2.24) is 10.2 Å². The molecule has 0 aliphatic carbocycles. The quantitative estimate of drug-likeness (QED) is 0.426. The summed E-state index contributed by atoms with van der Waals surface area (Å²) in [6, 6.07) is 13.5. The highest BCUT2D eigenvalue weighted by Crippen LogP contribution is 2.32. The second-order valence-corrected chi connectivity index (χ2v) is 7.32. The molecule has 156 valence electrons. The third-order valence-electron chi connectivity index (χ3n) is 5.41. The van der Waals surface area contributed by atoms with E-state index in [0.717, 1.165) is 56.4 Å². The van der Waals surface area contributed by atoms with Crippen molar-refractivity contribution in [2.45, 2.75) is 25.2 Å². The SMILES string of the molecule is CN=C(NCCCc1ccc(O)cc1)N1CCC(c2cc(OC)cc(OC)c2)C1. The van der Waals surface area contributed by atoms with Gasteiger partial charge in [0.25, 0.3) is 0 Å². The first kappa shape index (κ1) is 20.8. The maximum absolute atomic E-state index is 9.37. The molecular weight excluding hydrogens is 366 g/mol. The van der Waals surface area contributed by atoms with Crippen LogP contribution in [0.4, 0.5) is 0 Å². The number of aliphatic imine (C=N–C) groups is 1. The fourth-order valence-electron chi connectivity index (χ4n) is 3.78. The molecule has 0 aromatic heterocycles. The van der Waals surface area contributed by atoms with Crippen LogP contribution in [-0.4, -0.2) is 56.9 Å². The lowest BCUT2D eigenvalue weighted by molar-refractivity contribution is 0.392. The molecule has 2 N–H and O–H groups in total. The third kappa shape index (κ3) is 5.56. The molecule has 29 heavy (non-hydrogen) atoms. The molecule has 0 radical (unpaired) electrons. The van der Waals surface area contributed by atoms with Crippen LogP contribution >= 0.6 is 0 Å². The standard InChI is InChI=1S/C23H31N3O3/c1-24-23(25-11-4-5-17-6-8-20(27)9-7-17)26-12-10-18(16-26)19-13-21(28-2)15-22(14-19)29-3/h6-9,13-15,18,27H,4-5,10-12,16H2,1-3H3,(H,24,25). The van der Waals surface area contributed by atoms with Gasteiger partial charge in [-0.1, -0.05) is 12.1 Å². The third-order valence-corrected chi connectivity index (χ3v) is 5.41. The van der Waals surface area contributed by atoms with E-state index in [-0.39, 0.29) is 0 Å². The molecular formula is C23H31N3O3. The number of ether oxygens (including phenoxy) is 2. The van der Waals surface area contributed by atoms with Crippen molar-refractivity contribution in [3.05, 3.63) is 53.6 Å². The highest BCUT2D eigenvalue weighted by Gasteiger charge is 2.26. The van der Waals surface area contributed by atoms with Gasteiger partial charge in [0.2, 0.25) is 0 Å². The lowest BCUT2D eigenvalue weighted by atomic mass is 9.98. The van der Waals surface area contributed by atoms with E-state index in [1.54, 1.807) is 26.4 Å². The number of guanidine groups is 1. The van der Waals surface area contributed by atoms with Gasteiger partial charge >= 0.3 is 0 Å². The average molecular weight is 398 g/mol. The van der Waals surface area contributed by atoms with Crippen molar-refractivity contribution in [3.8, 4) is 17.2 Å². The highest BCUT2D eigenvalue weighted by molar-refractivity contribution is 5.80. The molecule has 1 aliphatic rings. The lowest BCUT2D eigenvalue weighted by Gasteiger charge is -2.22. The van der Waals surface area contributed by atoms with Crippen LogP contribution < -0.4 is 14.8 Å². The van der Waals surface area contributed by atoms with E-state index >= 15 is 0 Å². The first-order valence-electron chi connectivity index (χ1n) is 10.1. The summed E-state index contributed by atoms with van der Waals surface area (Å²) in [5.74, 6) is 3.34. The number of methoxy groups -OCH3 is 2. The van der Waals surface area contributed by atoms with Crippen LogP contribution in [-0.2, 0) is 6.42 Å². The number of hydrogen-bond acceptors (Lipinski definition) is 4. The van der Waals surface area contributed by atoms with E-state index in [9.17, 15) is 5.11 Å². The van der Waals surface area contributed by atoms with Gasteiger partial charge in [0.1, 0.15) is 17.2 Å². The van der Waals surface area contributed by atoms with Crippen LogP contribution in [0.15, 0.2) is 47.5 Å². The van der Waals surface area contributed by atoms with E-state index in [4.69, 9.17) is 9.47 Å². The first-order chi connectivity index (χ1) is 14.1. The largest absolute Gasteiger partial charge is 0.508 e. The van der Waals surface area contributed by atoms with Crippen LogP contribution in [0.2, 0.25) is 0 Å². The summed E-state index contributed by atoms with van der Waals surface area (Å²) >= 11 is 0. The number of rotatable bonds is 7. The van der Waals surface area contributed by atoms with E-state index in [0.29, 0.717) is 11.7 Å². The van der Waals surface area contributed by atoms with Gasteiger partial charge in [-0.25, -0.2) is 0 Å². The minimum absolute atomic E-state index is 0.310. The number of aromatic hydroxyl groups is 1. The van der Waals surface area contributed by atoms with Gasteiger partial charge in [0.15, 0.2) is 5.96 Å². The smallest absolute Gasteiger partial charge is 0.193 e. The van der Waals surface area contributed by atoms with Crippen molar-refractivity contribution >= 4 is 5.96 Å². The molecule has 0 amide bonds. The summed E-state index contributed by atoms with van der Waals surface area (Å²) in [4.78, 5) is 6.79. The lowest BCUT2D eigenvalue weighted by Crippen LogP contribution is -2.40. The Morgan fingerprint density at radius 1 is 1.14 bits per heavy atom. The molecule has 0 bridgehead atoms. The highest BCUT2D eigenvalue weighted by atomic mass is 16.5. The molecule has 0 spiro atoms. The van der Waals surface area contributed by atoms with Gasteiger partial charge in [-0.05, 0) is 54.7 Å². The average Bonchev–Trinajstić information content (AvgIpc) is 3.24. The van der Waals surface area contributed by atoms with Crippen molar-refractivity contribution in [2.75, 3.05) is 40.9 Å². The Bertz CT molecular complexity index is 798. The number of nitrogens with zero attached hydrogens (tertiary/aromatic N) is 2. The van der Waals surface area contributed by atoms with Gasteiger partial charge in [-0.2, -0.15) is 0 Å². The summed E-state index contributed by atoms with van der Waals surface area (Å²) in [5, 5.41) is 12.9. The van der Waals surface area contributed by atoms with Gasteiger partial charge in [-0.3, -0.25) is 4.99 Å². The van der Waals surface area contributed by atoms with E-state index in [1.165, 1.54) is 11.1 Å². The summed E-state index contributed by atoms with van der Waals surface area (Å²) in [5.41, 5.74) is 2.47. The van der Waals surface area contributed by atoms with Gasteiger partial charge in [-0.15, -0.1) is 0 Å². The van der Waals surface area contributed by atoms with Gasteiger partial charge < -0.3 is 24.8 Å². The maximum Gasteiger partial charge on any atom is 0.193 e. The Labute approximate surface area is 173 Å². The predicted octanol–water partition coefficient (Wildman–Crippen LogP) is 3.41. The second-order valence-electron chi connectivity index (χ2n) is 7.32. The van der Waals surface area contributed by atoms with E-state index in [2.05, 4.69) is 27.3 Å². The van der Waals surface area contributed by atoms with Crippen molar-refractivity contribution in [3.63, 3.8) is 0 Å². The van der Waals surface area contributed by atoms with Crippen LogP contribution in [0, 0.1) is 0 Å². The molecule has 1 unspecified atom stereocenters. The molecule has 6 nitrogen and oxygen atoms in total. The number of aryl methyl sites for hydroxylation is 1. The minimum Gasteiger partial charge on any atom is -0.508 e. The summed E-state index contributed by atoms with van der Waals surface area (Å²) in [6.45, 7) is 2.76. The molecule has 1 atom stereocenters. The molecule has 6 heteroatoms. The Morgan fingerprint density at radius 3 is 2.45 bits per heavy atom. The zero-order valence-corrected chi connectivity index (χ0v) is 17.5. The maximum atomic E-state index is 9.37. The number of benzene rings is 2. The Hall–Kier alpha value is -2.89. The zero-order valence-electron chi connectivity index (χ0n) is 17.5. The van der Waals surface area contributed by atoms with E-state index in [1.807, 2.05) is 25.2 Å². The minimum atomic E-state index is 0.310. The van der Waals surface area contributed by atoms with E-state index < -0.39 is 0 Å². The number of nitrogens with one attached hydrogen (secondary N) is 1. The predicted molar refractivity (Wildman–Crippen MR) is 116 cm³/mol. The zero-order chi connectivity index (χ0) is 20.6. The second kappa shape index (κ2) is 10.0. The number of phenolic OH excluding ortho intramolecular Hbond substituents is 1. The molecule has 1 aliphatic heterocycles. The molecule has 2 aromatic carbocycles. The Balaban J connectivity index is 1.52. The fraction of sp³-hybridized carbons (Fsp3) is 0.435. The molecule has 0 saturated carbocycles. The van der Waals surface area contributed by atoms with Crippen LogP contribution in [0.25, 0.3) is 0 Å². The summed E-state index contributed by atoms with van der Waals surface area (Å²) in [6.07, 6.45) is 3.05. The molecule has 3 rings (SSSR count). The van der Waals surface area contributed by atoms with Crippen molar-refractivity contribution < 1.29 is 14.6 Å². The fourth-order valence-corrected chi connectivity index (χ4v) is 3.78. The monoisotopic (exact) mass is 397 g/mol.